The predicted molar refractivity (Wildman–Crippen MR) is 84.0 cm³/mol. The molecule has 0 radical (unpaired) electrons. The number of nitrogens with zero attached hydrogens (tertiary/aromatic N) is 1. The Morgan fingerprint density at radius 1 is 1.48 bits per heavy atom. The van der Waals surface area contributed by atoms with E-state index in [0.29, 0.717) is 18.1 Å². The molecule has 0 aromatic rings. The van der Waals surface area contributed by atoms with E-state index in [-0.39, 0.29) is 5.91 Å². The summed E-state index contributed by atoms with van der Waals surface area (Å²) in [6, 6.07) is 0.440. The second-order valence-corrected chi connectivity index (χ2v) is 6.76. The zero-order chi connectivity index (χ0) is 15.5. The van der Waals surface area contributed by atoms with Crippen LogP contribution in [0.2, 0.25) is 0 Å². The van der Waals surface area contributed by atoms with Crippen LogP contribution in [0.4, 0.5) is 0 Å². The first-order valence-electron chi connectivity index (χ1n) is 8.34. The molecule has 122 valence electrons. The number of nitrogens with one attached hydrogen (secondary N) is 1. The number of carbonyl (C=O) groups excluding carboxylic acids is 1. The summed E-state index contributed by atoms with van der Waals surface area (Å²) in [4.78, 5) is 14.5. The van der Waals surface area contributed by atoms with E-state index in [2.05, 4.69) is 17.1 Å². The number of hydrogen-bond donors (Lipinski definition) is 2. The molecule has 4 unspecified atom stereocenters. The van der Waals surface area contributed by atoms with Crippen LogP contribution in [0.3, 0.4) is 0 Å². The molecule has 4 atom stereocenters. The van der Waals surface area contributed by atoms with Gasteiger partial charge in [0.15, 0.2) is 0 Å². The lowest BCUT2D eigenvalue weighted by atomic mass is 9.77. The molecular weight excluding hydrogens is 266 g/mol. The van der Waals surface area contributed by atoms with Crippen molar-refractivity contribution in [3.8, 4) is 0 Å². The average molecular weight is 297 g/mol. The number of methoxy groups -OCH3 is 1. The van der Waals surface area contributed by atoms with Gasteiger partial charge < -0.3 is 15.8 Å². The fourth-order valence-electron chi connectivity index (χ4n) is 4.06. The molecule has 1 aliphatic heterocycles. The zero-order valence-corrected chi connectivity index (χ0v) is 13.7. The maximum absolute atomic E-state index is 12.0. The molecule has 0 aromatic heterocycles. The van der Waals surface area contributed by atoms with Gasteiger partial charge in [-0.2, -0.15) is 0 Å². The van der Waals surface area contributed by atoms with E-state index in [1.54, 1.807) is 7.11 Å². The lowest BCUT2D eigenvalue weighted by Crippen LogP contribution is -2.61. The third-order valence-corrected chi connectivity index (χ3v) is 5.45. The Morgan fingerprint density at radius 3 is 2.86 bits per heavy atom. The van der Waals surface area contributed by atoms with Crippen molar-refractivity contribution >= 4 is 5.91 Å². The molecule has 21 heavy (non-hydrogen) atoms. The molecule has 5 heteroatoms. The van der Waals surface area contributed by atoms with Gasteiger partial charge in [-0.15, -0.1) is 0 Å². The molecule has 1 amide bonds. The van der Waals surface area contributed by atoms with Crippen molar-refractivity contribution in [3.63, 3.8) is 0 Å². The SMILES string of the molecule is CCNC1(C(N)=O)CCCC(N2CCC(C)C(OC)C2)C1. The van der Waals surface area contributed by atoms with E-state index < -0.39 is 5.54 Å². The summed E-state index contributed by atoms with van der Waals surface area (Å²) in [5.74, 6) is 0.423. The lowest BCUT2D eigenvalue weighted by molar-refractivity contribution is -0.127. The fraction of sp³-hybridized carbons (Fsp3) is 0.938. The van der Waals surface area contributed by atoms with E-state index in [9.17, 15) is 4.79 Å². The van der Waals surface area contributed by atoms with Crippen LogP contribution in [0.15, 0.2) is 0 Å². The minimum Gasteiger partial charge on any atom is -0.380 e. The molecule has 2 rings (SSSR count). The monoisotopic (exact) mass is 297 g/mol. The topological polar surface area (TPSA) is 67.6 Å². The average Bonchev–Trinajstić information content (AvgIpc) is 2.48. The summed E-state index contributed by atoms with van der Waals surface area (Å²) in [5, 5.41) is 3.37. The van der Waals surface area contributed by atoms with Gasteiger partial charge in [0.25, 0.3) is 0 Å². The molecule has 2 aliphatic rings. The molecule has 1 saturated heterocycles. The normalized spacial score (nSPS) is 38.3. The quantitative estimate of drug-likeness (QED) is 0.798. The van der Waals surface area contributed by atoms with Crippen molar-refractivity contribution in [1.82, 2.24) is 10.2 Å². The number of likely N-dealkylation sites (tertiary alicyclic amines) is 1. The van der Waals surface area contributed by atoms with E-state index in [1.165, 1.54) is 6.42 Å². The number of piperidine rings is 1. The Kier molecular flexibility index (Phi) is 5.63. The van der Waals surface area contributed by atoms with Crippen LogP contribution in [-0.2, 0) is 9.53 Å². The van der Waals surface area contributed by atoms with Gasteiger partial charge >= 0.3 is 0 Å². The van der Waals surface area contributed by atoms with Crippen molar-refractivity contribution in [1.29, 1.82) is 0 Å². The van der Waals surface area contributed by atoms with Gasteiger partial charge in [-0.05, 0) is 51.1 Å². The van der Waals surface area contributed by atoms with Gasteiger partial charge in [0.1, 0.15) is 0 Å². The number of rotatable bonds is 5. The van der Waals surface area contributed by atoms with Crippen molar-refractivity contribution in [2.45, 2.75) is 63.6 Å². The number of hydrogen-bond acceptors (Lipinski definition) is 4. The number of ether oxygens (including phenoxy) is 1. The largest absolute Gasteiger partial charge is 0.380 e. The van der Waals surface area contributed by atoms with E-state index >= 15 is 0 Å². The Labute approximate surface area is 128 Å². The van der Waals surface area contributed by atoms with Crippen molar-refractivity contribution in [2.75, 3.05) is 26.7 Å². The Hall–Kier alpha value is -0.650. The van der Waals surface area contributed by atoms with Gasteiger partial charge in [0.2, 0.25) is 5.91 Å². The van der Waals surface area contributed by atoms with Crippen LogP contribution in [0.25, 0.3) is 0 Å². The smallest absolute Gasteiger partial charge is 0.237 e. The third kappa shape index (κ3) is 3.58. The van der Waals surface area contributed by atoms with Crippen LogP contribution in [0, 0.1) is 5.92 Å². The van der Waals surface area contributed by atoms with E-state index in [1.807, 2.05) is 6.92 Å². The first kappa shape index (κ1) is 16.7. The summed E-state index contributed by atoms with van der Waals surface area (Å²) in [5.41, 5.74) is 5.20. The van der Waals surface area contributed by atoms with Crippen LogP contribution in [0.1, 0.15) is 46.0 Å². The summed E-state index contributed by atoms with van der Waals surface area (Å²) >= 11 is 0. The second kappa shape index (κ2) is 7.07. The molecule has 1 saturated carbocycles. The summed E-state index contributed by atoms with van der Waals surface area (Å²) < 4.78 is 5.62. The number of primary amides is 1. The molecule has 1 heterocycles. The molecule has 0 spiro atoms. The lowest BCUT2D eigenvalue weighted by Gasteiger charge is -2.46. The highest BCUT2D eigenvalue weighted by molar-refractivity contribution is 5.84. The third-order valence-electron chi connectivity index (χ3n) is 5.45. The standard InChI is InChI=1S/C16H31N3O2/c1-4-18-16(15(17)20)8-5-6-13(10-16)19-9-7-12(2)14(11-19)21-3/h12-14,18H,4-11H2,1-3H3,(H2,17,20). The van der Waals surface area contributed by atoms with Gasteiger partial charge in [0, 0.05) is 19.7 Å². The van der Waals surface area contributed by atoms with Gasteiger partial charge in [0.05, 0.1) is 11.6 Å². The Bertz CT molecular complexity index is 359. The molecule has 3 N–H and O–H groups in total. The highest BCUT2D eigenvalue weighted by atomic mass is 16.5. The molecule has 0 aromatic carbocycles. The summed E-state index contributed by atoms with van der Waals surface area (Å²) in [6.45, 7) is 7.17. The van der Waals surface area contributed by atoms with Crippen LogP contribution < -0.4 is 11.1 Å². The van der Waals surface area contributed by atoms with Crippen LogP contribution in [0.5, 0.6) is 0 Å². The maximum atomic E-state index is 12.0. The van der Waals surface area contributed by atoms with Gasteiger partial charge in [-0.25, -0.2) is 0 Å². The zero-order valence-electron chi connectivity index (χ0n) is 13.7. The maximum Gasteiger partial charge on any atom is 0.237 e. The second-order valence-electron chi connectivity index (χ2n) is 6.76. The molecule has 5 nitrogen and oxygen atoms in total. The fourth-order valence-corrected chi connectivity index (χ4v) is 4.06. The highest BCUT2D eigenvalue weighted by Gasteiger charge is 2.43. The first-order valence-corrected chi connectivity index (χ1v) is 8.34. The molecule has 2 fully saturated rings. The van der Waals surface area contributed by atoms with Crippen molar-refractivity contribution in [2.24, 2.45) is 11.7 Å². The number of likely N-dealkylation sites (N-methyl/N-ethyl adjacent to an activating group) is 1. The predicted octanol–water partition coefficient (Wildman–Crippen LogP) is 1.12. The summed E-state index contributed by atoms with van der Waals surface area (Å²) in [6.07, 6.45) is 5.39. The van der Waals surface area contributed by atoms with Crippen LogP contribution in [-0.4, -0.2) is 55.2 Å². The molecule has 0 bridgehead atoms. The number of amides is 1. The number of carbonyl (C=O) groups is 1. The number of nitrogens with two attached hydrogens (primary N) is 1. The Morgan fingerprint density at radius 2 is 2.24 bits per heavy atom. The minimum absolute atomic E-state index is 0.192. The first-order chi connectivity index (χ1) is 10.0. The highest BCUT2D eigenvalue weighted by Crippen LogP contribution is 2.33. The summed E-state index contributed by atoms with van der Waals surface area (Å²) in [7, 11) is 1.80. The van der Waals surface area contributed by atoms with Crippen LogP contribution >= 0.6 is 0 Å². The minimum atomic E-state index is -0.511. The Balaban J connectivity index is 2.05. The van der Waals surface area contributed by atoms with Gasteiger partial charge in [-0.1, -0.05) is 13.8 Å². The van der Waals surface area contributed by atoms with Crippen molar-refractivity contribution in [3.05, 3.63) is 0 Å². The van der Waals surface area contributed by atoms with Crippen molar-refractivity contribution < 1.29 is 9.53 Å². The van der Waals surface area contributed by atoms with E-state index in [4.69, 9.17) is 10.5 Å². The molecular formula is C16H31N3O2. The van der Waals surface area contributed by atoms with Gasteiger partial charge in [-0.3, -0.25) is 9.69 Å². The van der Waals surface area contributed by atoms with E-state index in [0.717, 1.165) is 45.3 Å². The molecule has 1 aliphatic carbocycles.